The van der Waals surface area contributed by atoms with E-state index in [0.29, 0.717) is 24.7 Å². The van der Waals surface area contributed by atoms with Crippen molar-refractivity contribution in [2.75, 3.05) is 19.7 Å². The summed E-state index contributed by atoms with van der Waals surface area (Å²) in [6.45, 7) is 2.87. The van der Waals surface area contributed by atoms with Crippen LogP contribution < -0.4 is 0 Å². The van der Waals surface area contributed by atoms with Gasteiger partial charge in [0.25, 0.3) is 5.91 Å². The predicted octanol–water partition coefficient (Wildman–Crippen LogP) is 3.91. The van der Waals surface area contributed by atoms with Crippen LogP contribution in [0.2, 0.25) is 0 Å². The molecule has 1 fully saturated rings. The van der Waals surface area contributed by atoms with E-state index in [9.17, 15) is 4.79 Å². The number of nitrogens with zero attached hydrogens (tertiary/aromatic N) is 2. The van der Waals surface area contributed by atoms with Crippen LogP contribution >= 0.6 is 15.9 Å². The van der Waals surface area contributed by atoms with Gasteiger partial charge in [-0.15, -0.1) is 0 Å². The number of benzene rings is 1. The predicted molar refractivity (Wildman–Crippen MR) is 96.7 cm³/mol. The van der Waals surface area contributed by atoms with E-state index < -0.39 is 0 Å². The molecule has 1 aliphatic heterocycles. The number of rotatable bonds is 5. The summed E-state index contributed by atoms with van der Waals surface area (Å²) in [5.74, 6) is 0.447. The molecule has 2 heterocycles. The Bertz CT molecular complexity index is 678. The van der Waals surface area contributed by atoms with Crippen LogP contribution in [-0.2, 0) is 11.3 Å². The number of amides is 1. The first-order valence-electron chi connectivity index (χ1n) is 8.24. The molecule has 0 N–H and O–H groups in total. The second-order valence-corrected chi connectivity index (χ2v) is 7.07. The van der Waals surface area contributed by atoms with Crippen molar-refractivity contribution in [1.29, 1.82) is 0 Å². The lowest BCUT2D eigenvalue weighted by molar-refractivity contribution is 0.0425. The Morgan fingerprint density at radius 1 is 1.29 bits per heavy atom. The standard InChI is InChI=1S/C19H21BrN2O2/c20-18-9-17(10-21-11-18)19(23)22-8-4-7-16(12-22)14-24-13-15-5-2-1-3-6-15/h1-3,5-6,9-11,16H,4,7-8,12-14H2/t16-/m1/s1. The zero-order valence-electron chi connectivity index (χ0n) is 13.5. The maximum atomic E-state index is 12.6. The van der Waals surface area contributed by atoms with E-state index >= 15 is 0 Å². The summed E-state index contributed by atoms with van der Waals surface area (Å²) in [5, 5.41) is 0. The molecule has 0 unspecified atom stereocenters. The van der Waals surface area contributed by atoms with Gasteiger partial charge in [0.2, 0.25) is 0 Å². The molecule has 1 saturated heterocycles. The number of likely N-dealkylation sites (tertiary alicyclic amines) is 1. The first kappa shape index (κ1) is 17.1. The minimum Gasteiger partial charge on any atom is -0.376 e. The molecule has 1 amide bonds. The highest BCUT2D eigenvalue weighted by molar-refractivity contribution is 9.10. The van der Waals surface area contributed by atoms with E-state index in [1.807, 2.05) is 29.2 Å². The summed E-state index contributed by atoms with van der Waals surface area (Å²) in [7, 11) is 0. The number of hydrogen-bond donors (Lipinski definition) is 0. The molecule has 2 aromatic rings. The molecule has 5 heteroatoms. The van der Waals surface area contributed by atoms with Gasteiger partial charge in [-0.25, -0.2) is 0 Å². The molecule has 0 aliphatic carbocycles. The third kappa shape index (κ3) is 4.65. The number of halogens is 1. The zero-order valence-corrected chi connectivity index (χ0v) is 15.1. The van der Waals surface area contributed by atoms with Gasteiger partial charge in [0.05, 0.1) is 18.8 Å². The van der Waals surface area contributed by atoms with Gasteiger partial charge in [-0.2, -0.15) is 0 Å². The van der Waals surface area contributed by atoms with Crippen molar-refractivity contribution in [3.63, 3.8) is 0 Å². The molecule has 4 nitrogen and oxygen atoms in total. The molecular formula is C19H21BrN2O2. The van der Waals surface area contributed by atoms with Gasteiger partial charge in [0.1, 0.15) is 0 Å². The summed E-state index contributed by atoms with van der Waals surface area (Å²) in [6, 6.07) is 12.0. The lowest BCUT2D eigenvalue weighted by Gasteiger charge is -2.32. The van der Waals surface area contributed by atoms with Crippen LogP contribution in [0.5, 0.6) is 0 Å². The van der Waals surface area contributed by atoms with E-state index in [1.165, 1.54) is 5.56 Å². The van der Waals surface area contributed by atoms with Crippen LogP contribution in [0.25, 0.3) is 0 Å². The van der Waals surface area contributed by atoms with Crippen LogP contribution in [0, 0.1) is 5.92 Å². The number of ether oxygens (including phenoxy) is 1. The SMILES string of the molecule is O=C(c1cncc(Br)c1)N1CCC[C@@H](COCc2ccccc2)C1. The van der Waals surface area contributed by atoms with E-state index in [-0.39, 0.29) is 5.91 Å². The van der Waals surface area contributed by atoms with Gasteiger partial charge in [-0.1, -0.05) is 30.3 Å². The fourth-order valence-electron chi connectivity index (χ4n) is 3.01. The third-order valence-electron chi connectivity index (χ3n) is 4.22. The first-order valence-corrected chi connectivity index (χ1v) is 9.03. The molecule has 1 aromatic carbocycles. The van der Waals surface area contributed by atoms with Gasteiger partial charge in [-0.3, -0.25) is 9.78 Å². The van der Waals surface area contributed by atoms with Crippen molar-refractivity contribution in [1.82, 2.24) is 9.88 Å². The molecule has 3 rings (SSSR count). The summed E-state index contributed by atoms with van der Waals surface area (Å²) < 4.78 is 6.68. The molecule has 1 atom stereocenters. The van der Waals surface area contributed by atoms with Gasteiger partial charge in [0.15, 0.2) is 0 Å². The van der Waals surface area contributed by atoms with Crippen LogP contribution in [-0.4, -0.2) is 35.5 Å². The maximum absolute atomic E-state index is 12.6. The first-order chi connectivity index (χ1) is 11.7. The average molecular weight is 389 g/mol. The Kier molecular flexibility index (Phi) is 5.99. The number of aromatic nitrogens is 1. The van der Waals surface area contributed by atoms with Crippen molar-refractivity contribution < 1.29 is 9.53 Å². The molecule has 0 saturated carbocycles. The largest absolute Gasteiger partial charge is 0.376 e. The topological polar surface area (TPSA) is 42.4 Å². The van der Waals surface area contributed by atoms with E-state index in [4.69, 9.17) is 4.74 Å². The van der Waals surface area contributed by atoms with Crippen LogP contribution in [0.15, 0.2) is 53.3 Å². The number of carbonyl (C=O) groups excluding carboxylic acids is 1. The smallest absolute Gasteiger partial charge is 0.255 e. The van der Waals surface area contributed by atoms with E-state index in [2.05, 4.69) is 33.0 Å². The van der Waals surface area contributed by atoms with E-state index in [0.717, 1.165) is 30.4 Å². The highest BCUT2D eigenvalue weighted by Gasteiger charge is 2.24. The lowest BCUT2D eigenvalue weighted by atomic mass is 9.98. The van der Waals surface area contributed by atoms with Gasteiger partial charge in [-0.05, 0) is 46.3 Å². The summed E-state index contributed by atoms with van der Waals surface area (Å²) in [6.07, 6.45) is 5.44. The molecule has 1 aromatic heterocycles. The molecule has 126 valence electrons. The molecule has 0 bridgehead atoms. The summed E-state index contributed by atoms with van der Waals surface area (Å²) >= 11 is 3.37. The quantitative estimate of drug-likeness (QED) is 0.779. The van der Waals surface area contributed by atoms with Crippen molar-refractivity contribution >= 4 is 21.8 Å². The Morgan fingerprint density at radius 3 is 2.92 bits per heavy atom. The second-order valence-electron chi connectivity index (χ2n) is 6.15. The lowest BCUT2D eigenvalue weighted by Crippen LogP contribution is -2.41. The van der Waals surface area contributed by atoms with Crippen molar-refractivity contribution in [3.05, 3.63) is 64.4 Å². The highest BCUT2D eigenvalue weighted by atomic mass is 79.9. The average Bonchev–Trinajstić information content (AvgIpc) is 2.62. The Labute approximate surface area is 151 Å². The number of piperidine rings is 1. The van der Waals surface area contributed by atoms with Crippen LogP contribution in [0.4, 0.5) is 0 Å². The molecule has 0 spiro atoms. The summed E-state index contributed by atoms with van der Waals surface area (Å²) in [5.41, 5.74) is 1.82. The Hall–Kier alpha value is -1.72. The number of pyridine rings is 1. The van der Waals surface area contributed by atoms with Crippen molar-refractivity contribution in [3.8, 4) is 0 Å². The van der Waals surface area contributed by atoms with Crippen LogP contribution in [0.3, 0.4) is 0 Å². The summed E-state index contributed by atoms with van der Waals surface area (Å²) in [4.78, 5) is 18.6. The van der Waals surface area contributed by atoms with E-state index in [1.54, 1.807) is 12.4 Å². The molecular weight excluding hydrogens is 368 g/mol. The third-order valence-corrected chi connectivity index (χ3v) is 4.66. The Morgan fingerprint density at radius 2 is 2.12 bits per heavy atom. The fraction of sp³-hybridized carbons (Fsp3) is 0.368. The minimum absolute atomic E-state index is 0.0524. The molecule has 0 radical (unpaired) electrons. The van der Waals surface area contributed by atoms with Gasteiger partial charge < -0.3 is 9.64 Å². The monoisotopic (exact) mass is 388 g/mol. The van der Waals surface area contributed by atoms with Gasteiger partial charge in [0, 0.05) is 30.0 Å². The minimum atomic E-state index is 0.0524. The fourth-order valence-corrected chi connectivity index (χ4v) is 3.38. The second kappa shape index (κ2) is 8.40. The zero-order chi connectivity index (χ0) is 16.8. The maximum Gasteiger partial charge on any atom is 0.255 e. The van der Waals surface area contributed by atoms with Gasteiger partial charge >= 0.3 is 0 Å². The molecule has 1 aliphatic rings. The Balaban J connectivity index is 1.51. The number of hydrogen-bond acceptors (Lipinski definition) is 3. The highest BCUT2D eigenvalue weighted by Crippen LogP contribution is 2.20. The normalized spacial score (nSPS) is 17.7. The molecule has 24 heavy (non-hydrogen) atoms. The number of carbonyl (C=O) groups is 1. The van der Waals surface area contributed by atoms with Crippen LogP contribution in [0.1, 0.15) is 28.8 Å². The van der Waals surface area contributed by atoms with Crippen molar-refractivity contribution in [2.24, 2.45) is 5.92 Å². The van der Waals surface area contributed by atoms with Crippen molar-refractivity contribution in [2.45, 2.75) is 19.4 Å².